The van der Waals surface area contributed by atoms with Gasteiger partial charge in [0.05, 0.1) is 29.5 Å². The third kappa shape index (κ3) is 4.37. The average molecular weight is 495 g/mol. The first-order valence-electron chi connectivity index (χ1n) is 9.94. The predicted octanol–water partition coefficient (Wildman–Crippen LogP) is 4.60. The SMILES string of the molecule is O=C1N=C(N2CCOCC2)S/C1=C\c1cn(-c2ccccc2)nc1-c1ccc(Br)cc1. The first-order valence-corrected chi connectivity index (χ1v) is 11.5. The second kappa shape index (κ2) is 8.82. The summed E-state index contributed by atoms with van der Waals surface area (Å²) in [5.74, 6) is -0.208. The van der Waals surface area contributed by atoms with E-state index in [9.17, 15) is 4.79 Å². The summed E-state index contributed by atoms with van der Waals surface area (Å²) in [5.41, 5.74) is 3.63. The Kier molecular flexibility index (Phi) is 5.76. The fourth-order valence-corrected chi connectivity index (χ4v) is 4.69. The van der Waals surface area contributed by atoms with Gasteiger partial charge in [-0.3, -0.25) is 4.79 Å². The Bertz CT molecular complexity index is 1170. The van der Waals surface area contributed by atoms with Crippen molar-refractivity contribution in [2.45, 2.75) is 0 Å². The Balaban J connectivity index is 1.51. The second-order valence-corrected chi connectivity index (χ2v) is 9.05. The van der Waals surface area contributed by atoms with Crippen LogP contribution >= 0.6 is 27.7 Å². The highest BCUT2D eigenvalue weighted by atomic mass is 79.9. The van der Waals surface area contributed by atoms with Crippen molar-refractivity contribution < 1.29 is 9.53 Å². The highest BCUT2D eigenvalue weighted by Gasteiger charge is 2.27. The van der Waals surface area contributed by atoms with Crippen molar-refractivity contribution in [2.24, 2.45) is 4.99 Å². The number of aliphatic imine (C=N–C) groups is 1. The number of hydrogen-bond donors (Lipinski definition) is 0. The van der Waals surface area contributed by atoms with E-state index in [1.165, 1.54) is 11.8 Å². The van der Waals surface area contributed by atoms with Gasteiger partial charge >= 0.3 is 0 Å². The molecule has 1 aromatic heterocycles. The molecule has 1 saturated heterocycles. The van der Waals surface area contributed by atoms with Gasteiger partial charge < -0.3 is 9.64 Å². The maximum absolute atomic E-state index is 12.6. The zero-order valence-electron chi connectivity index (χ0n) is 16.6. The van der Waals surface area contributed by atoms with Crippen LogP contribution in [0, 0.1) is 0 Å². The minimum absolute atomic E-state index is 0.208. The van der Waals surface area contributed by atoms with Crippen LogP contribution in [0.25, 0.3) is 23.0 Å². The molecule has 0 spiro atoms. The second-order valence-electron chi connectivity index (χ2n) is 7.13. The van der Waals surface area contributed by atoms with Crippen LogP contribution in [-0.4, -0.2) is 52.1 Å². The van der Waals surface area contributed by atoms with Gasteiger partial charge in [0.2, 0.25) is 0 Å². The molecule has 0 saturated carbocycles. The number of morpholine rings is 1. The number of aromatic nitrogens is 2. The number of carbonyl (C=O) groups excluding carboxylic acids is 1. The number of para-hydroxylation sites is 1. The molecule has 31 heavy (non-hydrogen) atoms. The number of amides is 1. The maximum atomic E-state index is 12.6. The molecule has 5 rings (SSSR count). The third-order valence-corrected chi connectivity index (χ3v) is 6.63. The number of thioether (sulfide) groups is 1. The van der Waals surface area contributed by atoms with Gasteiger partial charge in [-0.2, -0.15) is 10.1 Å². The normalized spacial score (nSPS) is 18.0. The molecule has 6 nitrogen and oxygen atoms in total. The lowest BCUT2D eigenvalue weighted by Gasteiger charge is -2.27. The van der Waals surface area contributed by atoms with E-state index >= 15 is 0 Å². The number of nitrogens with zero attached hydrogens (tertiary/aromatic N) is 4. The Morgan fingerprint density at radius 3 is 2.52 bits per heavy atom. The molecule has 156 valence electrons. The van der Waals surface area contributed by atoms with E-state index in [0.29, 0.717) is 18.1 Å². The van der Waals surface area contributed by atoms with Crippen molar-refractivity contribution in [3.8, 4) is 16.9 Å². The molecular weight excluding hydrogens is 476 g/mol. The van der Waals surface area contributed by atoms with E-state index in [1.54, 1.807) is 0 Å². The van der Waals surface area contributed by atoms with Crippen LogP contribution in [-0.2, 0) is 9.53 Å². The molecule has 8 heteroatoms. The molecule has 0 radical (unpaired) electrons. The number of amidine groups is 1. The molecule has 3 heterocycles. The van der Waals surface area contributed by atoms with E-state index in [0.717, 1.165) is 45.2 Å². The summed E-state index contributed by atoms with van der Waals surface area (Å²) >= 11 is 4.91. The van der Waals surface area contributed by atoms with Crippen LogP contribution in [0.15, 0.2) is 75.2 Å². The third-order valence-electron chi connectivity index (χ3n) is 5.06. The van der Waals surface area contributed by atoms with Crippen molar-refractivity contribution >= 4 is 44.8 Å². The number of benzene rings is 2. The summed E-state index contributed by atoms with van der Waals surface area (Å²) in [6.07, 6.45) is 3.86. The molecule has 0 aliphatic carbocycles. The first-order chi connectivity index (χ1) is 15.2. The summed E-state index contributed by atoms with van der Waals surface area (Å²) in [7, 11) is 0. The van der Waals surface area contributed by atoms with E-state index in [-0.39, 0.29) is 5.91 Å². The van der Waals surface area contributed by atoms with Crippen LogP contribution < -0.4 is 0 Å². The Labute approximate surface area is 192 Å². The van der Waals surface area contributed by atoms with Gasteiger partial charge in [0.25, 0.3) is 5.91 Å². The highest BCUT2D eigenvalue weighted by Crippen LogP contribution is 2.33. The number of carbonyl (C=O) groups is 1. The summed E-state index contributed by atoms with van der Waals surface area (Å²) in [4.78, 5) is 19.6. The maximum Gasteiger partial charge on any atom is 0.286 e. The number of ether oxygens (including phenoxy) is 1. The fraction of sp³-hybridized carbons (Fsp3) is 0.174. The van der Waals surface area contributed by atoms with Crippen LogP contribution in [0.5, 0.6) is 0 Å². The van der Waals surface area contributed by atoms with Gasteiger partial charge in [0.1, 0.15) is 0 Å². The number of hydrogen-bond acceptors (Lipinski definition) is 5. The van der Waals surface area contributed by atoms with Crippen LogP contribution in [0.4, 0.5) is 0 Å². The summed E-state index contributed by atoms with van der Waals surface area (Å²) in [6.45, 7) is 2.82. The lowest BCUT2D eigenvalue weighted by atomic mass is 10.1. The molecule has 0 atom stereocenters. The summed E-state index contributed by atoms with van der Waals surface area (Å²) in [6, 6.07) is 18.0. The van der Waals surface area contributed by atoms with Gasteiger partial charge in [0.15, 0.2) is 5.17 Å². The van der Waals surface area contributed by atoms with Gasteiger partial charge in [-0.1, -0.05) is 46.3 Å². The Hall–Kier alpha value is -2.68. The molecule has 0 N–H and O–H groups in total. The van der Waals surface area contributed by atoms with Gasteiger partial charge in [-0.05, 0) is 42.1 Å². The van der Waals surface area contributed by atoms with E-state index < -0.39 is 0 Å². The van der Waals surface area contributed by atoms with Crippen molar-refractivity contribution in [2.75, 3.05) is 26.3 Å². The topological polar surface area (TPSA) is 59.7 Å². The van der Waals surface area contributed by atoms with Crippen LogP contribution in [0.1, 0.15) is 5.56 Å². The lowest BCUT2D eigenvalue weighted by Crippen LogP contribution is -2.38. The van der Waals surface area contributed by atoms with Crippen LogP contribution in [0.3, 0.4) is 0 Å². The Morgan fingerprint density at radius 2 is 1.77 bits per heavy atom. The molecule has 2 aliphatic heterocycles. The fourth-order valence-electron chi connectivity index (χ4n) is 3.47. The minimum atomic E-state index is -0.208. The molecule has 1 amide bonds. The predicted molar refractivity (Wildman–Crippen MR) is 127 cm³/mol. The molecule has 0 bridgehead atoms. The van der Waals surface area contributed by atoms with Crippen molar-refractivity contribution in [1.29, 1.82) is 0 Å². The summed E-state index contributed by atoms with van der Waals surface area (Å²) in [5, 5.41) is 5.58. The first kappa shape index (κ1) is 20.2. The van der Waals surface area contributed by atoms with Gasteiger partial charge in [-0.15, -0.1) is 0 Å². The smallest absolute Gasteiger partial charge is 0.286 e. The molecular formula is C23H19BrN4O2S. The van der Waals surface area contributed by atoms with E-state index in [2.05, 4.69) is 25.8 Å². The quantitative estimate of drug-likeness (QED) is 0.497. The molecule has 2 aliphatic rings. The molecule has 2 aromatic carbocycles. The van der Waals surface area contributed by atoms with Crippen LogP contribution in [0.2, 0.25) is 0 Å². The summed E-state index contributed by atoms with van der Waals surface area (Å²) < 4.78 is 8.25. The van der Waals surface area contributed by atoms with Gasteiger partial charge in [0, 0.05) is 34.9 Å². The number of halogens is 1. The van der Waals surface area contributed by atoms with Crippen molar-refractivity contribution in [3.63, 3.8) is 0 Å². The van der Waals surface area contributed by atoms with Crippen molar-refractivity contribution in [1.82, 2.24) is 14.7 Å². The van der Waals surface area contributed by atoms with Gasteiger partial charge in [-0.25, -0.2) is 4.68 Å². The molecule has 1 fully saturated rings. The zero-order valence-corrected chi connectivity index (χ0v) is 19.0. The minimum Gasteiger partial charge on any atom is -0.378 e. The molecule has 3 aromatic rings. The average Bonchev–Trinajstić information content (AvgIpc) is 3.40. The largest absolute Gasteiger partial charge is 0.378 e. The standard InChI is InChI=1S/C23H19BrN4O2S/c24-18-8-6-16(7-9-18)21-17(15-28(26-21)19-4-2-1-3-5-19)14-20-22(29)25-23(31-20)27-10-12-30-13-11-27/h1-9,14-15H,10-13H2/b20-14-. The van der Waals surface area contributed by atoms with E-state index in [1.807, 2.05) is 71.6 Å². The lowest BCUT2D eigenvalue weighted by molar-refractivity contribution is -0.113. The monoisotopic (exact) mass is 494 g/mol. The highest BCUT2D eigenvalue weighted by molar-refractivity contribution is 9.10. The zero-order chi connectivity index (χ0) is 21.2. The molecule has 0 unspecified atom stereocenters. The van der Waals surface area contributed by atoms with E-state index in [4.69, 9.17) is 9.84 Å². The Morgan fingerprint density at radius 1 is 1.03 bits per heavy atom. The van der Waals surface area contributed by atoms with Crippen molar-refractivity contribution in [3.05, 3.63) is 75.7 Å². The number of rotatable bonds is 3.